The molecule has 1 saturated carbocycles. The van der Waals surface area contributed by atoms with Gasteiger partial charge in [0.1, 0.15) is 5.82 Å². The normalized spacial score (nSPS) is 22.2. The van der Waals surface area contributed by atoms with Crippen LogP contribution < -0.4 is 4.90 Å². The summed E-state index contributed by atoms with van der Waals surface area (Å²) in [4.78, 5) is 31.3. The summed E-state index contributed by atoms with van der Waals surface area (Å²) >= 11 is 0. The van der Waals surface area contributed by atoms with Gasteiger partial charge in [0, 0.05) is 23.6 Å². The number of carboxylic acids is 1. The van der Waals surface area contributed by atoms with Crippen LogP contribution in [0.15, 0.2) is 30.3 Å². The summed E-state index contributed by atoms with van der Waals surface area (Å²) in [5.41, 5.74) is 4.12. The minimum Gasteiger partial charge on any atom is -0.481 e. The zero-order valence-corrected chi connectivity index (χ0v) is 21.9. The second kappa shape index (κ2) is 10.3. The molecule has 1 N–H and O–H groups in total. The van der Waals surface area contributed by atoms with Crippen molar-refractivity contribution in [3.8, 4) is 0 Å². The molecule has 2 aliphatic rings. The fourth-order valence-corrected chi connectivity index (χ4v) is 6.26. The van der Waals surface area contributed by atoms with Gasteiger partial charge >= 0.3 is 12.1 Å². The highest BCUT2D eigenvalue weighted by atomic mass is 19.2. The van der Waals surface area contributed by atoms with E-state index in [4.69, 9.17) is 9.72 Å². The van der Waals surface area contributed by atoms with Crippen molar-refractivity contribution in [3.05, 3.63) is 58.9 Å². The van der Waals surface area contributed by atoms with Gasteiger partial charge in [0.05, 0.1) is 29.7 Å². The molecule has 1 amide bonds. The molecule has 3 aromatic rings. The number of fused-ring (bicyclic) bond motifs is 3. The summed E-state index contributed by atoms with van der Waals surface area (Å²) in [5, 5.41) is 9.74. The summed E-state index contributed by atoms with van der Waals surface area (Å²) in [6.45, 7) is 4.00. The van der Waals surface area contributed by atoms with E-state index in [1.807, 2.05) is 26.0 Å². The molecule has 4 atom stereocenters. The molecule has 0 radical (unpaired) electrons. The number of methoxy groups -OCH3 is 1. The summed E-state index contributed by atoms with van der Waals surface area (Å²) < 4.78 is 34.7. The number of rotatable bonds is 5. The van der Waals surface area contributed by atoms with Crippen molar-refractivity contribution in [2.75, 3.05) is 12.0 Å². The molecule has 0 spiro atoms. The number of anilines is 1. The smallest absolute Gasteiger partial charge is 0.414 e. The molecule has 1 aromatic heterocycles. The molecule has 0 saturated heterocycles. The molecule has 2 heterocycles. The quantitative estimate of drug-likeness (QED) is 0.418. The number of hydrogen-bond acceptors (Lipinski definition) is 4. The third-order valence-corrected chi connectivity index (χ3v) is 8.18. The predicted molar refractivity (Wildman–Crippen MR) is 140 cm³/mol. The van der Waals surface area contributed by atoms with E-state index in [9.17, 15) is 23.5 Å². The van der Waals surface area contributed by atoms with Crippen LogP contribution in [0.25, 0.3) is 11.0 Å². The predicted octanol–water partition coefficient (Wildman–Crippen LogP) is 6.38. The van der Waals surface area contributed by atoms with Gasteiger partial charge in [-0.3, -0.25) is 9.69 Å². The second-order valence-corrected chi connectivity index (χ2v) is 10.7. The van der Waals surface area contributed by atoms with Crippen LogP contribution in [0.5, 0.6) is 0 Å². The number of ether oxygens (including phenoxy) is 1. The maximum absolute atomic E-state index is 13.9. The van der Waals surface area contributed by atoms with Crippen LogP contribution in [0.4, 0.5) is 19.3 Å². The standard InChI is InChI=1S/C29H33F2N3O4/c1-16(13-18-8-10-22(30)23(31)14-18)27-32-26-21-9-7-17(2)33(29(37)38-3)24(21)11-12-25(26)34(27)20-6-4-5-19(15-20)28(35)36/h8,10-12,14,16-17,19-20H,4-7,9,13,15H2,1-3H3,(H,35,36)/t16?,17?,19-,20-/m1/s1. The Hall–Kier alpha value is -3.49. The fraction of sp³-hybridized carbons (Fsp3) is 0.483. The van der Waals surface area contributed by atoms with Crippen molar-refractivity contribution >= 4 is 28.8 Å². The molecule has 9 heteroatoms. The number of amides is 1. The molecule has 1 aliphatic heterocycles. The molecule has 5 rings (SSSR count). The fourth-order valence-electron chi connectivity index (χ4n) is 6.26. The first-order valence-corrected chi connectivity index (χ1v) is 13.3. The van der Waals surface area contributed by atoms with Crippen LogP contribution in [0.1, 0.15) is 74.9 Å². The molecule has 38 heavy (non-hydrogen) atoms. The lowest BCUT2D eigenvalue weighted by Crippen LogP contribution is -2.42. The summed E-state index contributed by atoms with van der Waals surface area (Å²) in [5.74, 6) is -2.33. The van der Waals surface area contributed by atoms with Crippen molar-refractivity contribution in [3.63, 3.8) is 0 Å². The van der Waals surface area contributed by atoms with E-state index in [0.29, 0.717) is 24.8 Å². The van der Waals surface area contributed by atoms with E-state index < -0.39 is 29.6 Å². The van der Waals surface area contributed by atoms with Gasteiger partial charge in [-0.1, -0.05) is 19.4 Å². The Kier molecular flexibility index (Phi) is 7.11. The first-order valence-electron chi connectivity index (χ1n) is 13.3. The van der Waals surface area contributed by atoms with Crippen LogP contribution in [0, 0.1) is 17.6 Å². The average molecular weight is 526 g/mol. The van der Waals surface area contributed by atoms with E-state index in [1.165, 1.54) is 13.2 Å². The Morgan fingerprint density at radius 3 is 2.66 bits per heavy atom. The molecule has 202 valence electrons. The van der Waals surface area contributed by atoms with Gasteiger partial charge in [-0.15, -0.1) is 0 Å². The van der Waals surface area contributed by atoms with Crippen molar-refractivity contribution < 1.29 is 28.2 Å². The zero-order valence-electron chi connectivity index (χ0n) is 21.9. The first kappa shape index (κ1) is 26.1. The van der Waals surface area contributed by atoms with Gasteiger partial charge in [0.2, 0.25) is 0 Å². The maximum Gasteiger partial charge on any atom is 0.414 e. The second-order valence-electron chi connectivity index (χ2n) is 10.7. The number of carbonyl (C=O) groups is 2. The maximum atomic E-state index is 13.9. The molecular formula is C29H33F2N3O4. The lowest BCUT2D eigenvalue weighted by atomic mass is 9.85. The Balaban J connectivity index is 1.63. The van der Waals surface area contributed by atoms with Crippen LogP contribution in [-0.2, 0) is 22.4 Å². The highest BCUT2D eigenvalue weighted by molar-refractivity contribution is 5.95. The van der Waals surface area contributed by atoms with E-state index in [-0.39, 0.29) is 18.0 Å². The molecule has 0 bridgehead atoms. The number of aliphatic carboxylic acids is 1. The molecule has 7 nitrogen and oxygen atoms in total. The van der Waals surface area contributed by atoms with Crippen molar-refractivity contribution in [2.24, 2.45) is 5.92 Å². The van der Waals surface area contributed by atoms with Crippen LogP contribution in [0.2, 0.25) is 0 Å². The number of imidazole rings is 1. The van der Waals surface area contributed by atoms with Crippen LogP contribution in [0.3, 0.4) is 0 Å². The monoisotopic (exact) mass is 525 g/mol. The number of aromatic nitrogens is 2. The Labute approximate surface area is 220 Å². The Bertz CT molecular complexity index is 1390. The van der Waals surface area contributed by atoms with Gasteiger partial charge in [0.15, 0.2) is 11.6 Å². The minimum atomic E-state index is -0.883. The SMILES string of the molecule is COC(=O)N1c2ccc3c(nc(C(C)Cc4ccc(F)c(F)c4)n3[C@@H]3CCC[C@@H](C(=O)O)C3)c2CCC1C. The Morgan fingerprint density at radius 1 is 1.16 bits per heavy atom. The third-order valence-electron chi connectivity index (χ3n) is 8.18. The molecule has 2 aromatic carbocycles. The molecule has 2 unspecified atom stereocenters. The number of carbonyl (C=O) groups excluding carboxylic acids is 1. The Morgan fingerprint density at radius 2 is 1.95 bits per heavy atom. The van der Waals surface area contributed by atoms with Gasteiger partial charge in [-0.25, -0.2) is 18.6 Å². The molecule has 1 fully saturated rings. The van der Waals surface area contributed by atoms with Gasteiger partial charge in [-0.05, 0) is 75.3 Å². The number of carboxylic acid groups (broad SMARTS) is 1. The number of nitrogens with zero attached hydrogens (tertiary/aromatic N) is 3. The average Bonchev–Trinajstić information content (AvgIpc) is 3.30. The van der Waals surface area contributed by atoms with Crippen molar-refractivity contribution in [1.82, 2.24) is 9.55 Å². The number of aryl methyl sites for hydroxylation is 1. The summed E-state index contributed by atoms with van der Waals surface area (Å²) in [7, 11) is 1.37. The van der Waals surface area contributed by atoms with Gasteiger partial charge in [0.25, 0.3) is 0 Å². The third kappa shape index (κ3) is 4.63. The highest BCUT2D eigenvalue weighted by Crippen LogP contribution is 2.42. The van der Waals surface area contributed by atoms with Crippen molar-refractivity contribution in [1.29, 1.82) is 0 Å². The largest absolute Gasteiger partial charge is 0.481 e. The molecular weight excluding hydrogens is 492 g/mol. The van der Waals surface area contributed by atoms with Gasteiger partial charge < -0.3 is 14.4 Å². The van der Waals surface area contributed by atoms with Gasteiger partial charge in [-0.2, -0.15) is 0 Å². The number of halogens is 2. The van der Waals surface area contributed by atoms with E-state index in [2.05, 4.69) is 4.57 Å². The zero-order chi connectivity index (χ0) is 27.1. The topological polar surface area (TPSA) is 84.7 Å². The van der Waals surface area contributed by atoms with E-state index in [0.717, 1.165) is 59.9 Å². The van der Waals surface area contributed by atoms with E-state index in [1.54, 1.807) is 11.0 Å². The highest BCUT2D eigenvalue weighted by Gasteiger charge is 2.35. The number of benzene rings is 2. The van der Waals surface area contributed by atoms with Crippen LogP contribution >= 0.6 is 0 Å². The lowest BCUT2D eigenvalue weighted by molar-refractivity contribution is -0.143. The summed E-state index contributed by atoms with van der Waals surface area (Å²) in [6, 6.07) is 7.78. The first-order chi connectivity index (χ1) is 18.2. The lowest BCUT2D eigenvalue weighted by Gasteiger charge is -2.34. The van der Waals surface area contributed by atoms with Crippen LogP contribution in [-0.4, -0.2) is 39.9 Å². The van der Waals surface area contributed by atoms with Crippen molar-refractivity contribution in [2.45, 2.75) is 76.8 Å². The van der Waals surface area contributed by atoms with E-state index >= 15 is 0 Å². The number of hydrogen-bond donors (Lipinski definition) is 1. The minimum absolute atomic E-state index is 0.0177. The summed E-state index contributed by atoms with van der Waals surface area (Å²) in [6.07, 6.45) is 4.34. The molecule has 1 aliphatic carbocycles.